The van der Waals surface area contributed by atoms with Gasteiger partial charge in [-0.2, -0.15) is 0 Å². The molecule has 0 radical (unpaired) electrons. The van der Waals surface area contributed by atoms with Crippen LogP contribution < -0.4 is 39.0 Å². The summed E-state index contributed by atoms with van der Waals surface area (Å²) in [5, 5.41) is 2.79. The Bertz CT molecular complexity index is 515. The molecule has 2 unspecified atom stereocenters. The van der Waals surface area contributed by atoms with E-state index in [1.165, 1.54) is 18.3 Å². The summed E-state index contributed by atoms with van der Waals surface area (Å²) in [7, 11) is -4.23. The number of thiophene rings is 1. The molecule has 0 aromatic carbocycles. The number of fused-ring (bicyclic) bond motifs is 1. The molecule has 1 aromatic rings. The van der Waals surface area contributed by atoms with Crippen molar-refractivity contribution in [1.29, 1.82) is 0 Å². The van der Waals surface area contributed by atoms with Gasteiger partial charge in [-0.15, -0.1) is 11.3 Å². The van der Waals surface area contributed by atoms with Crippen LogP contribution in [0.15, 0.2) is 10.8 Å². The first kappa shape index (κ1) is 18.2. The SMILES string of the molecule is CC(CCOCC1COc2cscc2O1)S(=O)(=O)[O-].[Na+]. The summed E-state index contributed by atoms with van der Waals surface area (Å²) < 4.78 is 48.5. The molecule has 20 heavy (non-hydrogen) atoms. The minimum absolute atomic E-state index is 0. The Kier molecular flexibility index (Phi) is 7.27. The third kappa shape index (κ3) is 5.18. The third-order valence-corrected chi connectivity index (χ3v) is 4.70. The Morgan fingerprint density at radius 1 is 1.50 bits per heavy atom. The molecule has 0 saturated heterocycles. The van der Waals surface area contributed by atoms with Crippen molar-refractivity contribution in [2.45, 2.75) is 24.7 Å². The normalized spacial score (nSPS) is 19.2. The maximum atomic E-state index is 10.7. The molecular weight excluding hydrogens is 315 g/mol. The first-order valence-corrected chi connectivity index (χ1v) is 8.26. The molecule has 2 heterocycles. The quantitative estimate of drug-likeness (QED) is 0.349. The van der Waals surface area contributed by atoms with Crippen molar-refractivity contribution < 1.29 is 56.7 Å². The van der Waals surface area contributed by atoms with Crippen LogP contribution >= 0.6 is 11.3 Å². The maximum absolute atomic E-state index is 10.7. The van der Waals surface area contributed by atoms with Gasteiger partial charge in [0.05, 0.1) is 16.7 Å². The van der Waals surface area contributed by atoms with Gasteiger partial charge in [0, 0.05) is 22.6 Å². The fourth-order valence-corrected chi connectivity index (χ4v) is 2.61. The molecule has 0 amide bonds. The molecule has 108 valence electrons. The molecule has 0 bridgehead atoms. The Morgan fingerprint density at radius 3 is 2.90 bits per heavy atom. The van der Waals surface area contributed by atoms with Crippen LogP contribution in [0, 0.1) is 0 Å². The van der Waals surface area contributed by atoms with E-state index in [4.69, 9.17) is 14.2 Å². The number of hydrogen-bond donors (Lipinski definition) is 0. The number of hydrogen-bond acceptors (Lipinski definition) is 7. The molecule has 2 rings (SSSR count). The van der Waals surface area contributed by atoms with Crippen molar-refractivity contribution in [2.24, 2.45) is 0 Å². The van der Waals surface area contributed by atoms with E-state index in [1.54, 1.807) is 0 Å². The number of ether oxygens (including phenoxy) is 3. The van der Waals surface area contributed by atoms with E-state index in [0.717, 1.165) is 5.75 Å². The van der Waals surface area contributed by atoms with Gasteiger partial charge >= 0.3 is 29.6 Å². The molecular formula is C11H15NaO6S2. The Hall–Kier alpha value is 0.170. The molecule has 9 heteroatoms. The van der Waals surface area contributed by atoms with Gasteiger partial charge in [0.25, 0.3) is 0 Å². The summed E-state index contributed by atoms with van der Waals surface area (Å²) >= 11 is 1.50. The van der Waals surface area contributed by atoms with Crippen molar-refractivity contribution in [3.05, 3.63) is 10.8 Å². The Labute approximate surface area is 144 Å². The van der Waals surface area contributed by atoms with Gasteiger partial charge in [-0.3, -0.25) is 0 Å². The van der Waals surface area contributed by atoms with E-state index >= 15 is 0 Å². The summed E-state index contributed by atoms with van der Waals surface area (Å²) in [5.41, 5.74) is 0. The van der Waals surface area contributed by atoms with Gasteiger partial charge in [-0.05, 0) is 13.3 Å². The van der Waals surface area contributed by atoms with Gasteiger partial charge in [-0.1, -0.05) is 0 Å². The largest absolute Gasteiger partial charge is 1.00 e. The molecule has 0 spiro atoms. The van der Waals surface area contributed by atoms with Crippen LogP contribution in [-0.2, 0) is 14.9 Å². The van der Waals surface area contributed by atoms with Crippen molar-refractivity contribution in [2.75, 3.05) is 19.8 Å². The molecule has 1 aliphatic rings. The van der Waals surface area contributed by atoms with Gasteiger partial charge in [0.1, 0.15) is 6.61 Å². The zero-order chi connectivity index (χ0) is 13.9. The summed E-state index contributed by atoms with van der Waals surface area (Å²) in [6.07, 6.45) is -0.0235. The topological polar surface area (TPSA) is 84.9 Å². The van der Waals surface area contributed by atoms with Crippen molar-refractivity contribution in [1.82, 2.24) is 0 Å². The predicted octanol–water partition coefficient (Wildman–Crippen LogP) is -1.77. The monoisotopic (exact) mass is 330 g/mol. The van der Waals surface area contributed by atoms with E-state index in [0.29, 0.717) is 19.0 Å². The summed E-state index contributed by atoms with van der Waals surface area (Å²) in [6.45, 7) is 2.29. The van der Waals surface area contributed by atoms with Crippen LogP contribution in [0.4, 0.5) is 0 Å². The summed E-state index contributed by atoms with van der Waals surface area (Å²) in [6, 6.07) is 0. The molecule has 1 aromatic heterocycles. The minimum atomic E-state index is -4.23. The molecule has 6 nitrogen and oxygen atoms in total. The second kappa shape index (κ2) is 7.98. The van der Waals surface area contributed by atoms with Crippen molar-refractivity contribution in [3.8, 4) is 11.5 Å². The Balaban J connectivity index is 0.00000200. The fraction of sp³-hybridized carbons (Fsp3) is 0.636. The average Bonchev–Trinajstić information content (AvgIpc) is 2.80. The molecule has 0 aliphatic carbocycles. The smallest absolute Gasteiger partial charge is 0.748 e. The molecule has 2 atom stereocenters. The van der Waals surface area contributed by atoms with Crippen LogP contribution in [0.25, 0.3) is 0 Å². The zero-order valence-corrected chi connectivity index (χ0v) is 15.0. The van der Waals surface area contributed by atoms with Gasteiger partial charge in [0.2, 0.25) is 0 Å². The minimum Gasteiger partial charge on any atom is -0.748 e. The standard InChI is InChI=1S/C11H16O6S2.Na/c1-8(19(12,13)14)2-3-15-4-9-5-16-10-6-18-7-11(10)17-9;/h6-9H,2-5H2,1H3,(H,12,13,14);/q;+1/p-1. The van der Waals surface area contributed by atoms with Crippen LogP contribution in [0.2, 0.25) is 0 Å². The van der Waals surface area contributed by atoms with Gasteiger partial charge in [-0.25, -0.2) is 8.42 Å². The first-order chi connectivity index (χ1) is 8.97. The average molecular weight is 330 g/mol. The third-order valence-electron chi connectivity index (χ3n) is 2.78. The van der Waals surface area contributed by atoms with Crippen LogP contribution in [0.1, 0.15) is 13.3 Å². The van der Waals surface area contributed by atoms with Crippen molar-refractivity contribution in [3.63, 3.8) is 0 Å². The van der Waals surface area contributed by atoms with Gasteiger partial charge < -0.3 is 18.8 Å². The zero-order valence-electron chi connectivity index (χ0n) is 11.4. The maximum Gasteiger partial charge on any atom is 1.00 e. The van der Waals surface area contributed by atoms with Gasteiger partial charge in [0.15, 0.2) is 17.6 Å². The molecule has 1 aliphatic heterocycles. The summed E-state index contributed by atoms with van der Waals surface area (Å²) in [5.74, 6) is 1.45. The molecule has 0 saturated carbocycles. The van der Waals surface area contributed by atoms with E-state index in [9.17, 15) is 13.0 Å². The second-order valence-electron chi connectivity index (χ2n) is 4.32. The van der Waals surface area contributed by atoms with E-state index in [1.807, 2.05) is 10.8 Å². The summed E-state index contributed by atoms with van der Waals surface area (Å²) in [4.78, 5) is 0. The Morgan fingerprint density at radius 2 is 2.20 bits per heavy atom. The van der Waals surface area contributed by atoms with E-state index < -0.39 is 15.4 Å². The fourth-order valence-electron chi connectivity index (χ4n) is 1.55. The first-order valence-electron chi connectivity index (χ1n) is 5.85. The number of rotatable bonds is 6. The van der Waals surface area contributed by atoms with Crippen LogP contribution in [-0.4, -0.2) is 44.1 Å². The van der Waals surface area contributed by atoms with Crippen molar-refractivity contribution >= 4 is 21.5 Å². The second-order valence-corrected chi connectivity index (χ2v) is 6.85. The van der Waals surface area contributed by atoms with Crippen LogP contribution in [0.5, 0.6) is 11.5 Å². The molecule has 0 fully saturated rings. The molecule has 0 N–H and O–H groups in total. The van der Waals surface area contributed by atoms with E-state index in [-0.39, 0.29) is 48.7 Å². The van der Waals surface area contributed by atoms with Crippen LogP contribution in [0.3, 0.4) is 0 Å². The predicted molar refractivity (Wildman–Crippen MR) is 68.8 cm³/mol. The van der Waals surface area contributed by atoms with E-state index in [2.05, 4.69) is 0 Å².